The van der Waals surface area contributed by atoms with E-state index in [9.17, 15) is 74.4 Å². The number of amides is 8. The average molecular weight is 1540 g/mol. The van der Waals surface area contributed by atoms with Crippen molar-refractivity contribution in [2.24, 2.45) is 61.0 Å². The number of aromatic nitrogens is 5. The molecular weight excluding hydrogens is 1440 g/mol. The number of carbonyl (C=O) groups is 8. The van der Waals surface area contributed by atoms with Crippen molar-refractivity contribution in [1.29, 1.82) is 0 Å². The molecule has 0 spiro atoms. The fraction of sp³-hybridized carbons (Fsp3) is 0.650. The molecule has 106 heavy (non-hydrogen) atoms. The number of guanidine groups is 2. The van der Waals surface area contributed by atoms with Gasteiger partial charge in [-0.25, -0.2) is 24.7 Å². The number of thioether (sulfide) groups is 1. The quantitative estimate of drug-likeness (QED) is 0.0142. The van der Waals surface area contributed by atoms with Crippen molar-refractivity contribution < 1.29 is 103 Å². The average Bonchev–Trinajstić information content (AvgIpc) is 0.905. The first-order valence-corrected chi connectivity index (χ1v) is 35.4. The van der Waals surface area contributed by atoms with Crippen LogP contribution in [-0.4, -0.2) is 286 Å². The van der Waals surface area contributed by atoms with Crippen LogP contribution in [0.4, 0.5) is 10.6 Å². The van der Waals surface area contributed by atoms with Crippen LogP contribution in [-0.2, 0) is 47.7 Å². The van der Waals surface area contributed by atoms with Gasteiger partial charge in [0, 0.05) is 68.8 Å². The highest BCUT2D eigenvalue weighted by Gasteiger charge is 2.54. The molecule has 3 aromatic rings. The summed E-state index contributed by atoms with van der Waals surface area (Å²) in [6.45, 7) is 4.62. The van der Waals surface area contributed by atoms with Gasteiger partial charge in [0.15, 0.2) is 30.6 Å². The van der Waals surface area contributed by atoms with E-state index in [-0.39, 0.29) is 66.0 Å². The first-order chi connectivity index (χ1) is 50.2. The van der Waals surface area contributed by atoms with Crippen LogP contribution in [0, 0.1) is 12.8 Å². The van der Waals surface area contributed by atoms with Gasteiger partial charge in [0.1, 0.15) is 95.0 Å². The maximum absolute atomic E-state index is 15.2. The fourth-order valence-electron chi connectivity index (χ4n) is 10.8. The van der Waals surface area contributed by atoms with Gasteiger partial charge in [-0.05, 0) is 46.5 Å². The fourth-order valence-corrected chi connectivity index (χ4v) is 12.8. The van der Waals surface area contributed by atoms with Gasteiger partial charge in [-0.2, -0.15) is 0 Å². The van der Waals surface area contributed by atoms with E-state index in [0.717, 1.165) is 25.4 Å². The molecule has 32 N–H and O–H groups in total. The van der Waals surface area contributed by atoms with Gasteiger partial charge in [-0.1, -0.05) is 6.92 Å². The molecule has 20 atom stereocenters. The number of nitrogen functional groups attached to an aromatic ring is 1. The number of nitrogens with zero attached hydrogens (tertiary/aromatic N) is 7. The van der Waals surface area contributed by atoms with Crippen LogP contribution in [0.5, 0.6) is 0 Å². The highest BCUT2D eigenvalue weighted by Crippen LogP contribution is 2.36. The molecule has 0 aromatic carbocycles. The predicted octanol–water partition coefficient (Wildman–Crippen LogP) is -9.32. The molecule has 2 saturated heterocycles. The number of primary amides is 3. The first-order valence-electron chi connectivity index (χ1n) is 33.5. The van der Waals surface area contributed by atoms with Crippen molar-refractivity contribution in [1.82, 2.24) is 62.1 Å². The Balaban J connectivity index is 1.16. The minimum atomic E-state index is -2.21. The topological polar surface area (TPSA) is 741 Å². The highest BCUT2D eigenvalue weighted by molar-refractivity contribution is 8.14. The molecule has 44 nitrogen and oxygen atoms in total. The second-order valence-electron chi connectivity index (χ2n) is 24.9. The van der Waals surface area contributed by atoms with Gasteiger partial charge in [0.2, 0.25) is 29.5 Å². The number of aromatic amines is 1. The second-order valence-corrected chi connectivity index (χ2v) is 26.9. The molecule has 0 radical (unpaired) electrons. The standard InChI is InChI=1S/C60H97N23O21S2/c1-23-36(80-49(83-47(23)63)28(15-34(62)87)75-16-27(61)48(64)93)53(97)82-38(44(29-17-69-22-76-29)102-57-46(42(91)40(89)32(18-84)101-57)103-56-43(92)45(104-60(68)99)41(90)33(19-85)100-56)54(98)77-25(3)39(88)24(2)50(94)81-37(26(4)86)52(96)71-14-9-35-78-31(21-105-35)55-79-30(20-106-55)51(95)70-10-5-7-12-73-59(67)74-13-8-6-11-72-58(65)66/h17,20,22,24-28,31-33,37-46,56-57,75,84-86,88-92H,5-16,18-19,21,61H2,1-4H3,(H2,62,87)(H2,64,93)(H2,68,99)(H,69,76)(H,70,95)(H,71,96)(H,77,98)(H,81,94)(H,82,97)(H2,63,80,83)(H4,65,66,72)(H3,67,73,74)/t24-,25+,26+,27-,28-,31?,32-,33+,37-,38-,39-,40+,41+,42-,43-,44-,45-,46-,56+,57-/m0/s1. The largest absolute Gasteiger partial charge is 0.441 e. The van der Waals surface area contributed by atoms with Gasteiger partial charge in [0.05, 0.1) is 72.7 Å². The molecule has 3 aromatic heterocycles. The molecule has 8 amide bonds. The summed E-state index contributed by atoms with van der Waals surface area (Å²) in [7, 11) is 0. The minimum absolute atomic E-state index is 0.000346. The van der Waals surface area contributed by atoms with E-state index in [1.165, 1.54) is 50.8 Å². The van der Waals surface area contributed by atoms with Crippen LogP contribution in [0.25, 0.3) is 0 Å². The van der Waals surface area contributed by atoms with Gasteiger partial charge in [-0.3, -0.25) is 48.5 Å². The normalized spacial score (nSPS) is 24.3. The molecular formula is C60H97N23O21S2. The Bertz CT molecular complexity index is 3520. The Labute approximate surface area is 614 Å². The summed E-state index contributed by atoms with van der Waals surface area (Å²) in [5.41, 5.74) is 44.1. The van der Waals surface area contributed by atoms with E-state index in [1.54, 1.807) is 5.38 Å². The molecule has 2 fully saturated rings. The predicted molar refractivity (Wildman–Crippen MR) is 376 cm³/mol. The second kappa shape index (κ2) is 41.4. The molecule has 0 aliphatic carbocycles. The highest BCUT2D eigenvalue weighted by atomic mass is 32.2. The Kier molecular flexibility index (Phi) is 33.7. The van der Waals surface area contributed by atoms with E-state index in [1.807, 2.05) is 0 Å². The van der Waals surface area contributed by atoms with Crippen molar-refractivity contribution in [3.63, 3.8) is 0 Å². The van der Waals surface area contributed by atoms with Crippen LogP contribution in [0.3, 0.4) is 0 Å². The SMILES string of the molecule is Cc1c(N)nc([C@H](CC(N)=O)NC[C@H](N)C(N)=O)nc1C(=O)N[C@H](C(=O)N[C@H](C)[C@@H](O)[C@H](C)C(=O)N[C@H](C(=O)NCCC1=NC(c2nc(C(=O)NCCCCNC(N)=NCCCCN=C(N)N)cs2)CS1)[C@@H](C)O)[C@@H](O[C@@H]1O[C@@H](CO)[C@@H](O)[C@H](O)[C@@H]1O[C@H]1O[C@H](CO)[C@@H](O)[C@H](OC(N)=O)[C@@H]1O)c1cnc[nH]1. The van der Waals surface area contributed by atoms with Crippen LogP contribution in [0.15, 0.2) is 32.9 Å². The summed E-state index contributed by atoms with van der Waals surface area (Å²) in [5.74, 6) is -7.92. The van der Waals surface area contributed by atoms with Crippen molar-refractivity contribution >= 4 is 93.3 Å². The lowest BCUT2D eigenvalue weighted by atomic mass is 9.96. The van der Waals surface area contributed by atoms with Crippen molar-refractivity contribution in [2.45, 2.75) is 182 Å². The zero-order valence-corrected chi connectivity index (χ0v) is 60.0. The summed E-state index contributed by atoms with van der Waals surface area (Å²) in [6, 6.07) is -8.27. The number of aliphatic hydroxyl groups is 8. The number of aliphatic imine (C=N–C) groups is 3. The van der Waals surface area contributed by atoms with Crippen LogP contribution < -0.4 is 83.1 Å². The Morgan fingerprint density at radius 3 is 2.06 bits per heavy atom. The number of carbonyl (C=O) groups excluding carboxylic acids is 8. The lowest BCUT2D eigenvalue weighted by Crippen LogP contribution is -2.65. The molecule has 6 rings (SSSR count). The zero-order valence-electron chi connectivity index (χ0n) is 58.3. The van der Waals surface area contributed by atoms with E-state index in [4.69, 9.17) is 74.5 Å². The van der Waals surface area contributed by atoms with Crippen LogP contribution in [0.1, 0.15) is 121 Å². The maximum atomic E-state index is 15.2. The summed E-state index contributed by atoms with van der Waals surface area (Å²) in [4.78, 5) is 140. The number of nitrogens with one attached hydrogen (secondary N) is 8. The summed E-state index contributed by atoms with van der Waals surface area (Å²) >= 11 is 2.69. The number of imidazole rings is 1. The van der Waals surface area contributed by atoms with Crippen molar-refractivity contribution in [3.8, 4) is 0 Å². The summed E-state index contributed by atoms with van der Waals surface area (Å²) in [5, 5.41) is 110. The Morgan fingerprint density at radius 1 is 0.755 bits per heavy atom. The van der Waals surface area contributed by atoms with Crippen molar-refractivity contribution in [2.75, 3.05) is 64.0 Å². The number of anilines is 1. The molecule has 46 heteroatoms. The monoisotopic (exact) mass is 1540 g/mol. The van der Waals surface area contributed by atoms with Gasteiger partial charge in [0.25, 0.3) is 11.8 Å². The van der Waals surface area contributed by atoms with Crippen LogP contribution >= 0.6 is 23.1 Å². The zero-order chi connectivity index (χ0) is 78.2. The number of H-pyrrole nitrogens is 1. The van der Waals surface area contributed by atoms with Gasteiger partial charge >= 0.3 is 6.09 Å². The van der Waals surface area contributed by atoms with E-state index in [0.29, 0.717) is 60.8 Å². The van der Waals surface area contributed by atoms with Gasteiger partial charge in [-0.15, -0.1) is 23.1 Å². The minimum Gasteiger partial charge on any atom is -0.441 e. The number of thiazole rings is 1. The lowest BCUT2D eigenvalue weighted by molar-refractivity contribution is -0.372. The molecule has 3 aliphatic heterocycles. The smallest absolute Gasteiger partial charge is 0.404 e. The molecule has 3 aliphatic rings. The van der Waals surface area contributed by atoms with E-state index in [2.05, 4.69) is 72.1 Å². The molecule has 1 unspecified atom stereocenters. The third-order valence-electron chi connectivity index (χ3n) is 16.8. The first kappa shape index (κ1) is 86.2. The number of rotatable bonds is 41. The van der Waals surface area contributed by atoms with Crippen molar-refractivity contribution in [3.05, 3.63) is 51.4 Å². The maximum Gasteiger partial charge on any atom is 0.404 e. The Morgan fingerprint density at radius 2 is 1.42 bits per heavy atom. The summed E-state index contributed by atoms with van der Waals surface area (Å²) < 4.78 is 28.8. The number of nitrogens with two attached hydrogens (primary N) is 8. The molecule has 0 saturated carbocycles. The number of ether oxygens (including phenoxy) is 5. The van der Waals surface area contributed by atoms with E-state index < -0.39 is 183 Å². The molecule has 6 heterocycles. The van der Waals surface area contributed by atoms with Crippen LogP contribution in [0.2, 0.25) is 0 Å². The van der Waals surface area contributed by atoms with E-state index >= 15 is 4.79 Å². The van der Waals surface area contributed by atoms with Gasteiger partial charge < -0.3 is 153 Å². The number of unbranched alkanes of at least 4 members (excludes halogenated alkanes) is 2. The molecule has 0 bridgehead atoms. The number of hydrogen-bond donors (Lipinski definition) is 24. The third-order valence-corrected chi connectivity index (χ3v) is 18.9. The number of hydrogen-bond acceptors (Lipinski definition) is 33. The summed E-state index contributed by atoms with van der Waals surface area (Å²) in [6.07, 6.45) is -22.3. The Hall–Kier alpha value is -8.72. The molecule has 590 valence electrons. The lowest BCUT2D eigenvalue weighted by Gasteiger charge is -2.47. The number of aliphatic hydroxyl groups excluding tert-OH is 8. The third kappa shape index (κ3) is 24.7.